The van der Waals surface area contributed by atoms with Crippen LogP contribution in [-0.4, -0.2) is 35.6 Å². The number of phenols is 1. The molecule has 3 rings (SSSR count). The monoisotopic (exact) mass is 340 g/mol. The molecule has 2 atom stereocenters. The molecule has 2 heterocycles. The molecule has 0 saturated carbocycles. The summed E-state index contributed by atoms with van der Waals surface area (Å²) in [5.41, 5.74) is 0.675. The Hall–Kier alpha value is -1.27. The number of nitrogens with zero attached hydrogens (tertiary/aromatic N) is 1. The number of piperidine rings is 1. The van der Waals surface area contributed by atoms with Crippen molar-refractivity contribution in [1.29, 1.82) is 0 Å². The molecule has 108 valence electrons. The minimum Gasteiger partial charge on any atom is -0.504 e. The molecular formula is C14H17BrN2O3. The molecule has 6 heteroatoms. The first-order chi connectivity index (χ1) is 9.61. The highest BCUT2D eigenvalue weighted by atomic mass is 79.9. The molecule has 0 bridgehead atoms. The highest BCUT2D eigenvalue weighted by molar-refractivity contribution is 9.10. The van der Waals surface area contributed by atoms with Crippen molar-refractivity contribution in [3.8, 4) is 11.5 Å². The Morgan fingerprint density at radius 1 is 1.45 bits per heavy atom. The molecular weight excluding hydrogens is 324 g/mol. The van der Waals surface area contributed by atoms with E-state index in [2.05, 4.69) is 26.1 Å². The molecule has 0 radical (unpaired) electrons. The standard InChI is InChI=1S/C14H17BrN2O3/c1-20-11-7-8(15)6-9(12(11)18)13-16-14(19)10-4-2-3-5-17(10)13/h6-7,10,13,18H,2-5H2,1H3,(H,16,19)/t10-,13-/m0/s1. The number of rotatable bonds is 2. The number of benzene rings is 1. The average molecular weight is 341 g/mol. The van der Waals surface area contributed by atoms with E-state index < -0.39 is 0 Å². The van der Waals surface area contributed by atoms with Gasteiger partial charge in [-0.2, -0.15) is 0 Å². The molecule has 5 nitrogen and oxygen atoms in total. The third-order valence-corrected chi connectivity index (χ3v) is 4.50. The number of nitrogens with one attached hydrogen (secondary N) is 1. The zero-order valence-corrected chi connectivity index (χ0v) is 12.8. The summed E-state index contributed by atoms with van der Waals surface area (Å²) in [6.45, 7) is 0.863. The minimum atomic E-state index is -0.279. The van der Waals surface area contributed by atoms with Gasteiger partial charge in [0.1, 0.15) is 6.17 Å². The maximum atomic E-state index is 12.1. The van der Waals surface area contributed by atoms with Crippen LogP contribution in [0.15, 0.2) is 16.6 Å². The summed E-state index contributed by atoms with van der Waals surface area (Å²) in [4.78, 5) is 14.2. The van der Waals surface area contributed by atoms with Gasteiger partial charge in [-0.3, -0.25) is 9.69 Å². The van der Waals surface area contributed by atoms with Gasteiger partial charge in [-0.05, 0) is 25.0 Å². The molecule has 1 aromatic rings. The van der Waals surface area contributed by atoms with Gasteiger partial charge in [-0.1, -0.05) is 22.4 Å². The zero-order valence-electron chi connectivity index (χ0n) is 11.2. The van der Waals surface area contributed by atoms with Gasteiger partial charge in [0, 0.05) is 16.6 Å². The number of carbonyl (C=O) groups excluding carboxylic acids is 1. The number of methoxy groups -OCH3 is 1. The van der Waals surface area contributed by atoms with Crippen molar-refractivity contribution in [2.45, 2.75) is 31.5 Å². The Kier molecular flexibility index (Phi) is 3.60. The van der Waals surface area contributed by atoms with Gasteiger partial charge in [0.2, 0.25) is 5.91 Å². The summed E-state index contributed by atoms with van der Waals surface area (Å²) in [5, 5.41) is 13.3. The van der Waals surface area contributed by atoms with Gasteiger partial charge in [-0.15, -0.1) is 0 Å². The van der Waals surface area contributed by atoms with E-state index >= 15 is 0 Å². The quantitative estimate of drug-likeness (QED) is 0.865. The van der Waals surface area contributed by atoms with E-state index in [0.717, 1.165) is 30.3 Å². The third kappa shape index (κ3) is 2.16. The SMILES string of the molecule is COc1cc(Br)cc([C@H]2NC(=O)[C@@H]3CCCCN23)c1O. The van der Waals surface area contributed by atoms with Crippen LogP contribution >= 0.6 is 15.9 Å². The second kappa shape index (κ2) is 5.26. The molecule has 2 fully saturated rings. The summed E-state index contributed by atoms with van der Waals surface area (Å²) in [6.07, 6.45) is 2.76. The van der Waals surface area contributed by atoms with Gasteiger partial charge < -0.3 is 15.2 Å². The summed E-state index contributed by atoms with van der Waals surface area (Å²) < 4.78 is 5.99. The van der Waals surface area contributed by atoms with Crippen molar-refractivity contribution >= 4 is 21.8 Å². The van der Waals surface area contributed by atoms with E-state index in [1.807, 2.05) is 6.07 Å². The van der Waals surface area contributed by atoms with Crippen molar-refractivity contribution in [3.63, 3.8) is 0 Å². The predicted molar refractivity (Wildman–Crippen MR) is 77.6 cm³/mol. The molecule has 20 heavy (non-hydrogen) atoms. The molecule has 1 aromatic carbocycles. The number of hydrogen-bond donors (Lipinski definition) is 2. The Morgan fingerprint density at radius 2 is 2.25 bits per heavy atom. The van der Waals surface area contributed by atoms with Crippen LogP contribution in [0.3, 0.4) is 0 Å². The lowest BCUT2D eigenvalue weighted by Crippen LogP contribution is -2.38. The van der Waals surface area contributed by atoms with Crippen molar-refractivity contribution in [1.82, 2.24) is 10.2 Å². The first-order valence-electron chi connectivity index (χ1n) is 6.74. The van der Waals surface area contributed by atoms with Gasteiger partial charge in [-0.25, -0.2) is 0 Å². The molecule has 0 spiro atoms. The predicted octanol–water partition coefficient (Wildman–Crippen LogP) is 2.15. The van der Waals surface area contributed by atoms with E-state index in [1.54, 1.807) is 6.07 Å². The highest BCUT2D eigenvalue weighted by Crippen LogP contribution is 2.41. The van der Waals surface area contributed by atoms with Crippen LogP contribution in [-0.2, 0) is 4.79 Å². The fourth-order valence-electron chi connectivity index (χ4n) is 3.07. The van der Waals surface area contributed by atoms with Gasteiger partial charge in [0.05, 0.1) is 13.2 Å². The van der Waals surface area contributed by atoms with Crippen LogP contribution in [0.5, 0.6) is 11.5 Å². The normalized spacial score (nSPS) is 26.2. The average Bonchev–Trinajstić information content (AvgIpc) is 2.79. The molecule has 2 saturated heterocycles. The summed E-state index contributed by atoms with van der Waals surface area (Å²) in [7, 11) is 1.52. The maximum absolute atomic E-state index is 12.1. The number of fused-ring (bicyclic) bond motifs is 1. The van der Waals surface area contributed by atoms with Gasteiger partial charge in [0.15, 0.2) is 11.5 Å². The lowest BCUT2D eigenvalue weighted by Gasteiger charge is -2.31. The number of amides is 1. The largest absolute Gasteiger partial charge is 0.504 e. The van der Waals surface area contributed by atoms with E-state index in [1.165, 1.54) is 7.11 Å². The smallest absolute Gasteiger partial charge is 0.238 e. The number of phenolic OH excluding ortho intramolecular Hbond substituents is 1. The fourth-order valence-corrected chi connectivity index (χ4v) is 3.53. The van der Waals surface area contributed by atoms with Gasteiger partial charge in [0.25, 0.3) is 0 Å². The Balaban J connectivity index is 2.00. The first kappa shape index (κ1) is 13.7. The molecule has 1 amide bonds. The highest BCUT2D eigenvalue weighted by Gasteiger charge is 2.42. The number of halogens is 1. The van der Waals surface area contributed by atoms with Crippen molar-refractivity contribution in [2.75, 3.05) is 13.7 Å². The van der Waals surface area contributed by atoms with Crippen LogP contribution in [0.25, 0.3) is 0 Å². The van der Waals surface area contributed by atoms with E-state index in [0.29, 0.717) is 11.3 Å². The summed E-state index contributed by atoms with van der Waals surface area (Å²) in [5.74, 6) is 0.546. The van der Waals surface area contributed by atoms with E-state index in [4.69, 9.17) is 4.74 Å². The van der Waals surface area contributed by atoms with Crippen LogP contribution < -0.4 is 10.1 Å². The molecule has 2 aliphatic heterocycles. The lowest BCUT2D eigenvalue weighted by atomic mass is 10.0. The Morgan fingerprint density at radius 3 is 3.00 bits per heavy atom. The third-order valence-electron chi connectivity index (χ3n) is 4.04. The number of aromatic hydroxyl groups is 1. The number of ether oxygens (including phenoxy) is 1. The summed E-state index contributed by atoms with van der Waals surface area (Å²) in [6, 6.07) is 3.47. The zero-order chi connectivity index (χ0) is 14.3. The summed E-state index contributed by atoms with van der Waals surface area (Å²) >= 11 is 3.42. The van der Waals surface area contributed by atoms with Crippen molar-refractivity contribution in [3.05, 3.63) is 22.2 Å². The molecule has 0 aromatic heterocycles. The fraction of sp³-hybridized carbons (Fsp3) is 0.500. The second-order valence-corrected chi connectivity index (χ2v) is 6.12. The lowest BCUT2D eigenvalue weighted by molar-refractivity contribution is -0.122. The molecule has 2 aliphatic rings. The van der Waals surface area contributed by atoms with Gasteiger partial charge >= 0.3 is 0 Å². The Bertz CT molecular complexity index is 549. The molecule has 0 aliphatic carbocycles. The van der Waals surface area contributed by atoms with Crippen molar-refractivity contribution in [2.24, 2.45) is 0 Å². The first-order valence-corrected chi connectivity index (χ1v) is 7.53. The van der Waals surface area contributed by atoms with Crippen LogP contribution in [0.1, 0.15) is 31.0 Å². The second-order valence-electron chi connectivity index (χ2n) is 5.21. The number of hydrogen-bond acceptors (Lipinski definition) is 4. The van der Waals surface area contributed by atoms with Crippen LogP contribution in [0, 0.1) is 0 Å². The van der Waals surface area contributed by atoms with Crippen LogP contribution in [0.4, 0.5) is 0 Å². The molecule has 2 N–H and O–H groups in total. The molecule has 0 unspecified atom stereocenters. The van der Waals surface area contributed by atoms with Crippen LogP contribution in [0.2, 0.25) is 0 Å². The van der Waals surface area contributed by atoms with Crippen molar-refractivity contribution < 1.29 is 14.6 Å². The topological polar surface area (TPSA) is 61.8 Å². The number of carbonyl (C=O) groups is 1. The minimum absolute atomic E-state index is 0.0491. The van der Waals surface area contributed by atoms with E-state index in [-0.39, 0.29) is 23.9 Å². The Labute approximate surface area is 126 Å². The maximum Gasteiger partial charge on any atom is 0.238 e. The van der Waals surface area contributed by atoms with E-state index in [9.17, 15) is 9.90 Å².